The number of likely N-dealkylation sites (N-methyl/N-ethyl adjacent to an activating group) is 2. The number of ether oxygens (including phenoxy) is 1. The molecule has 8 nitrogen and oxygen atoms in total. The summed E-state index contributed by atoms with van der Waals surface area (Å²) in [7, 11) is 4.88. The smallest absolute Gasteiger partial charge is 0.272 e. The lowest BCUT2D eigenvalue weighted by Gasteiger charge is -2.27. The maximum absolute atomic E-state index is 12.9. The second-order valence-electron chi connectivity index (χ2n) is 6.86. The molecule has 0 radical (unpaired) electrons. The topological polar surface area (TPSA) is 83.0 Å². The maximum atomic E-state index is 12.9. The Morgan fingerprint density at radius 3 is 2.79 bits per heavy atom. The molecule has 0 fully saturated rings. The Hall–Kier alpha value is -2.94. The number of nitrogens with zero attached hydrogens (tertiary/aromatic N) is 4. The van der Waals surface area contributed by atoms with Crippen LogP contribution in [-0.2, 0) is 17.8 Å². The quantitative estimate of drug-likeness (QED) is 0.761. The Kier molecular flexibility index (Phi) is 4.54. The van der Waals surface area contributed by atoms with Crippen LogP contribution >= 0.6 is 11.3 Å². The third-order valence-electron chi connectivity index (χ3n) is 5.12. The number of rotatable bonds is 2. The standard InChI is InChI=1S/C19H20N4O4S/c1-21-10-15(24)22(2)19-16(18(21)26)12-5-7-23(9-14(12)28-19)17(25)13-8-11(27-3)4-6-20-13/h4,6,8H,5,7,9-10H2,1-3H3. The van der Waals surface area contributed by atoms with Gasteiger partial charge in [0.15, 0.2) is 0 Å². The molecule has 2 aliphatic rings. The van der Waals surface area contributed by atoms with E-state index < -0.39 is 0 Å². The van der Waals surface area contributed by atoms with Gasteiger partial charge in [0.05, 0.1) is 19.2 Å². The molecule has 9 heteroatoms. The number of hydrogen-bond acceptors (Lipinski definition) is 6. The largest absolute Gasteiger partial charge is 0.497 e. The van der Waals surface area contributed by atoms with Gasteiger partial charge in [-0.05, 0) is 18.1 Å². The van der Waals surface area contributed by atoms with Crippen LogP contribution in [0.5, 0.6) is 5.75 Å². The molecule has 28 heavy (non-hydrogen) atoms. The van der Waals surface area contributed by atoms with Gasteiger partial charge in [-0.1, -0.05) is 0 Å². The number of fused-ring (bicyclic) bond motifs is 3. The Morgan fingerprint density at radius 2 is 2.04 bits per heavy atom. The average molecular weight is 400 g/mol. The minimum absolute atomic E-state index is 0.0671. The second-order valence-corrected chi connectivity index (χ2v) is 7.94. The van der Waals surface area contributed by atoms with Gasteiger partial charge in [0, 0.05) is 37.8 Å². The number of thiophene rings is 1. The minimum Gasteiger partial charge on any atom is -0.497 e. The molecule has 0 aliphatic carbocycles. The summed E-state index contributed by atoms with van der Waals surface area (Å²) in [6.07, 6.45) is 2.11. The van der Waals surface area contributed by atoms with E-state index in [4.69, 9.17) is 4.74 Å². The molecule has 0 spiro atoms. The summed E-state index contributed by atoms with van der Waals surface area (Å²) >= 11 is 1.41. The van der Waals surface area contributed by atoms with E-state index in [0.29, 0.717) is 41.5 Å². The van der Waals surface area contributed by atoms with Crippen LogP contribution in [0.3, 0.4) is 0 Å². The lowest BCUT2D eigenvalue weighted by Crippen LogP contribution is -2.37. The second kappa shape index (κ2) is 6.90. The van der Waals surface area contributed by atoms with Crippen molar-refractivity contribution >= 4 is 34.1 Å². The van der Waals surface area contributed by atoms with Crippen LogP contribution in [0.15, 0.2) is 18.3 Å². The molecule has 2 aliphatic heterocycles. The fourth-order valence-corrected chi connectivity index (χ4v) is 4.85. The number of carbonyl (C=O) groups excluding carboxylic acids is 3. The minimum atomic E-state index is -0.180. The van der Waals surface area contributed by atoms with Crippen molar-refractivity contribution < 1.29 is 19.1 Å². The highest BCUT2D eigenvalue weighted by Crippen LogP contribution is 2.40. The summed E-state index contributed by atoms with van der Waals surface area (Å²) in [5, 5.41) is 0.665. The first-order valence-corrected chi connectivity index (χ1v) is 9.68. The average Bonchev–Trinajstić information content (AvgIpc) is 3.07. The fourth-order valence-electron chi connectivity index (χ4n) is 3.52. The first-order valence-electron chi connectivity index (χ1n) is 8.86. The number of methoxy groups -OCH3 is 1. The Labute approximate surface area is 166 Å². The predicted molar refractivity (Wildman–Crippen MR) is 104 cm³/mol. The molecule has 0 saturated carbocycles. The van der Waals surface area contributed by atoms with Crippen molar-refractivity contribution in [1.82, 2.24) is 14.8 Å². The van der Waals surface area contributed by atoms with Gasteiger partial charge in [-0.15, -0.1) is 11.3 Å². The Balaban J connectivity index is 1.66. The number of anilines is 1. The van der Waals surface area contributed by atoms with Crippen molar-refractivity contribution in [3.8, 4) is 5.75 Å². The zero-order chi connectivity index (χ0) is 20.0. The van der Waals surface area contributed by atoms with E-state index in [1.165, 1.54) is 16.2 Å². The Bertz CT molecular complexity index is 986. The molecular weight excluding hydrogens is 380 g/mol. The van der Waals surface area contributed by atoms with Gasteiger partial charge >= 0.3 is 0 Å². The van der Waals surface area contributed by atoms with Crippen LogP contribution in [0.25, 0.3) is 0 Å². The van der Waals surface area contributed by atoms with Crippen LogP contribution in [0.4, 0.5) is 5.00 Å². The SMILES string of the molecule is COc1ccnc(C(=O)N2CCc3c(sc4c3C(=O)N(C)CC(=O)N4C)C2)c1. The van der Waals surface area contributed by atoms with E-state index in [-0.39, 0.29) is 24.3 Å². The van der Waals surface area contributed by atoms with Crippen LogP contribution in [-0.4, -0.2) is 66.8 Å². The molecule has 0 atom stereocenters. The number of carbonyl (C=O) groups is 3. The highest BCUT2D eigenvalue weighted by Gasteiger charge is 2.36. The lowest BCUT2D eigenvalue weighted by atomic mass is 10.0. The molecule has 3 amide bonds. The third kappa shape index (κ3) is 2.91. The number of hydrogen-bond donors (Lipinski definition) is 0. The van der Waals surface area contributed by atoms with E-state index in [0.717, 1.165) is 10.4 Å². The van der Waals surface area contributed by atoms with Crippen LogP contribution in [0.1, 0.15) is 31.3 Å². The number of pyridine rings is 1. The Morgan fingerprint density at radius 1 is 1.25 bits per heavy atom. The van der Waals surface area contributed by atoms with Crippen molar-refractivity contribution in [3.63, 3.8) is 0 Å². The van der Waals surface area contributed by atoms with Gasteiger partial charge in [-0.25, -0.2) is 0 Å². The highest BCUT2D eigenvalue weighted by molar-refractivity contribution is 7.17. The van der Waals surface area contributed by atoms with Gasteiger partial charge in [0.2, 0.25) is 5.91 Å². The maximum Gasteiger partial charge on any atom is 0.272 e. The number of aromatic nitrogens is 1. The van der Waals surface area contributed by atoms with Crippen LogP contribution < -0.4 is 9.64 Å². The summed E-state index contributed by atoms with van der Waals surface area (Å²) in [6.45, 7) is 0.948. The molecule has 146 valence electrons. The molecule has 2 aromatic rings. The normalized spacial score (nSPS) is 16.6. The number of amides is 3. The van der Waals surface area contributed by atoms with Gasteiger partial charge in [-0.2, -0.15) is 0 Å². The lowest BCUT2D eigenvalue weighted by molar-refractivity contribution is -0.118. The summed E-state index contributed by atoms with van der Waals surface area (Å²) in [6, 6.07) is 3.31. The van der Waals surface area contributed by atoms with Crippen molar-refractivity contribution in [2.75, 3.05) is 39.2 Å². The first-order chi connectivity index (χ1) is 13.4. The zero-order valence-corrected chi connectivity index (χ0v) is 16.7. The van der Waals surface area contributed by atoms with E-state index in [9.17, 15) is 14.4 Å². The first kappa shape index (κ1) is 18.4. The van der Waals surface area contributed by atoms with E-state index in [1.807, 2.05) is 0 Å². The molecule has 2 aromatic heterocycles. The van der Waals surface area contributed by atoms with Gasteiger partial charge in [0.1, 0.15) is 23.0 Å². The molecule has 0 N–H and O–H groups in total. The van der Waals surface area contributed by atoms with Crippen LogP contribution in [0, 0.1) is 0 Å². The molecule has 4 heterocycles. The van der Waals surface area contributed by atoms with E-state index in [1.54, 1.807) is 49.3 Å². The monoisotopic (exact) mass is 400 g/mol. The summed E-state index contributed by atoms with van der Waals surface area (Å²) in [5.74, 6) is 0.134. The molecule has 0 bridgehead atoms. The fraction of sp³-hybridized carbons (Fsp3) is 0.368. The van der Waals surface area contributed by atoms with E-state index >= 15 is 0 Å². The van der Waals surface area contributed by atoms with Gasteiger partial charge in [-0.3, -0.25) is 19.4 Å². The molecular formula is C19H20N4O4S. The highest BCUT2D eigenvalue weighted by atomic mass is 32.1. The van der Waals surface area contributed by atoms with Gasteiger partial charge in [0.25, 0.3) is 11.8 Å². The van der Waals surface area contributed by atoms with E-state index in [2.05, 4.69) is 4.98 Å². The molecule has 0 saturated heterocycles. The van der Waals surface area contributed by atoms with Crippen molar-refractivity contribution in [3.05, 3.63) is 40.0 Å². The summed E-state index contributed by atoms with van der Waals surface area (Å²) in [4.78, 5) is 47.8. The summed E-state index contributed by atoms with van der Waals surface area (Å²) in [5.41, 5.74) is 1.87. The molecule has 4 rings (SSSR count). The van der Waals surface area contributed by atoms with Crippen molar-refractivity contribution in [2.45, 2.75) is 13.0 Å². The van der Waals surface area contributed by atoms with Gasteiger partial charge < -0.3 is 19.4 Å². The summed E-state index contributed by atoms with van der Waals surface area (Å²) < 4.78 is 5.17. The van der Waals surface area contributed by atoms with Crippen molar-refractivity contribution in [2.24, 2.45) is 0 Å². The zero-order valence-electron chi connectivity index (χ0n) is 15.9. The van der Waals surface area contributed by atoms with Crippen LogP contribution in [0.2, 0.25) is 0 Å². The van der Waals surface area contributed by atoms with Crippen molar-refractivity contribution in [1.29, 1.82) is 0 Å². The predicted octanol–water partition coefficient (Wildman–Crippen LogP) is 1.40. The molecule has 0 aromatic carbocycles. The third-order valence-corrected chi connectivity index (χ3v) is 6.42. The molecule has 0 unspecified atom stereocenters.